The molecule has 3 aromatic heterocycles. The van der Waals surface area contributed by atoms with E-state index in [2.05, 4.69) is 42.7 Å². The Morgan fingerprint density at radius 3 is 2.77 bits per heavy atom. The number of H-pyrrole nitrogens is 1. The van der Waals surface area contributed by atoms with Crippen LogP contribution in [0.3, 0.4) is 0 Å². The lowest BCUT2D eigenvalue weighted by Crippen LogP contribution is -2.51. The number of aryl methyl sites for hydroxylation is 1. The Labute approximate surface area is 244 Å². The van der Waals surface area contributed by atoms with E-state index in [1.807, 2.05) is 13.8 Å². The molecule has 0 radical (unpaired) electrons. The SMILES string of the molecule is CCCOc1ccc(S(=O)(=O)N2CCN3CC(=O)C[C@H]3C2)cc1-c1[nH]c2c(c1I)n(CCC)c(=O)n1cnnc21. The van der Waals surface area contributed by atoms with E-state index in [0.29, 0.717) is 72.9 Å². The molecule has 14 heteroatoms. The van der Waals surface area contributed by atoms with Gasteiger partial charge in [0.15, 0.2) is 5.65 Å². The summed E-state index contributed by atoms with van der Waals surface area (Å²) in [5.74, 6) is 0.694. The van der Waals surface area contributed by atoms with Crippen molar-refractivity contribution in [2.75, 3.05) is 32.8 Å². The third kappa shape index (κ3) is 4.44. The van der Waals surface area contributed by atoms with Gasteiger partial charge in [-0.2, -0.15) is 4.31 Å². The molecule has 0 bridgehead atoms. The lowest BCUT2D eigenvalue weighted by Gasteiger charge is -2.36. The van der Waals surface area contributed by atoms with Gasteiger partial charge in [-0.3, -0.25) is 14.3 Å². The van der Waals surface area contributed by atoms with Crippen LogP contribution in [0.5, 0.6) is 5.75 Å². The lowest BCUT2D eigenvalue weighted by molar-refractivity contribution is -0.116. The van der Waals surface area contributed by atoms with E-state index in [4.69, 9.17) is 4.74 Å². The van der Waals surface area contributed by atoms with Gasteiger partial charge in [0.25, 0.3) is 0 Å². The molecule has 1 aromatic carbocycles. The number of ketones is 1. The maximum Gasteiger partial charge on any atom is 0.335 e. The zero-order chi connectivity index (χ0) is 28.2. The van der Waals surface area contributed by atoms with Gasteiger partial charge in [-0.25, -0.2) is 17.6 Å². The summed E-state index contributed by atoms with van der Waals surface area (Å²) in [5, 5.41) is 8.13. The smallest absolute Gasteiger partial charge is 0.335 e. The highest BCUT2D eigenvalue weighted by Crippen LogP contribution is 2.39. The number of fused-ring (bicyclic) bond motifs is 4. The summed E-state index contributed by atoms with van der Waals surface area (Å²) in [6.07, 6.45) is 3.31. The number of sulfonamides is 1. The van der Waals surface area contributed by atoms with Crippen LogP contribution in [-0.2, 0) is 21.4 Å². The molecule has 0 amide bonds. The number of halogens is 1. The maximum atomic E-state index is 13.8. The van der Waals surface area contributed by atoms with Gasteiger partial charge in [-0.05, 0) is 53.6 Å². The van der Waals surface area contributed by atoms with E-state index >= 15 is 0 Å². The van der Waals surface area contributed by atoms with Crippen molar-refractivity contribution < 1.29 is 17.9 Å². The number of carbonyl (C=O) groups excluding carboxylic acids is 1. The number of ether oxygens (including phenoxy) is 1. The first-order valence-corrected chi connectivity index (χ1v) is 15.9. The largest absolute Gasteiger partial charge is 0.493 e. The monoisotopic (exact) mass is 679 g/mol. The van der Waals surface area contributed by atoms with Crippen molar-refractivity contribution in [1.29, 1.82) is 0 Å². The third-order valence-corrected chi connectivity index (χ3v) is 10.5. The second-order valence-electron chi connectivity index (χ2n) is 10.2. The van der Waals surface area contributed by atoms with Gasteiger partial charge in [0.1, 0.15) is 23.4 Å². The molecule has 1 atom stereocenters. The van der Waals surface area contributed by atoms with E-state index in [1.165, 1.54) is 15.0 Å². The van der Waals surface area contributed by atoms with Crippen LogP contribution in [0.1, 0.15) is 33.1 Å². The average Bonchev–Trinajstić information content (AvgIpc) is 3.66. The standard InChI is InChI=1S/C26H30IN7O5S/c1-3-7-33-24-21(27)22(29-23(24)25-30-28-15-34(25)26(33)36)19-12-18(5-6-20(19)39-10-4-2)40(37,38)32-9-8-31-14-17(35)11-16(31)13-32/h5-6,12,15-16,29H,3-4,7-11,13-14H2,1-2H3/t16-/m0/s1. The number of rotatable bonds is 8. The molecule has 0 saturated carbocycles. The Hall–Kier alpha value is -2.82. The lowest BCUT2D eigenvalue weighted by atomic mass is 10.1. The topological polar surface area (TPSA) is 135 Å². The molecular formula is C26H30IN7O5S. The van der Waals surface area contributed by atoms with E-state index < -0.39 is 10.0 Å². The molecule has 1 N–H and O–H groups in total. The number of piperazine rings is 1. The minimum Gasteiger partial charge on any atom is -0.493 e. The Kier molecular flexibility index (Phi) is 7.21. The molecule has 2 aliphatic heterocycles. The van der Waals surface area contributed by atoms with Crippen LogP contribution < -0.4 is 10.4 Å². The van der Waals surface area contributed by atoms with E-state index in [-0.39, 0.29) is 29.0 Å². The molecule has 2 saturated heterocycles. The van der Waals surface area contributed by atoms with Crippen molar-refractivity contribution in [2.24, 2.45) is 0 Å². The Balaban J connectivity index is 1.49. The predicted octanol–water partition coefficient (Wildman–Crippen LogP) is 2.49. The Bertz CT molecular complexity index is 1790. The summed E-state index contributed by atoms with van der Waals surface area (Å²) in [7, 11) is -3.84. The van der Waals surface area contributed by atoms with Crippen molar-refractivity contribution in [3.8, 4) is 17.0 Å². The first kappa shape index (κ1) is 27.4. The summed E-state index contributed by atoms with van der Waals surface area (Å²) in [6.45, 7) is 6.51. The number of nitrogens with zero attached hydrogens (tertiary/aromatic N) is 6. The molecule has 0 aliphatic carbocycles. The summed E-state index contributed by atoms with van der Waals surface area (Å²) in [4.78, 5) is 30.9. The number of nitrogens with one attached hydrogen (secondary N) is 1. The first-order valence-electron chi connectivity index (χ1n) is 13.4. The molecule has 212 valence electrons. The third-order valence-electron chi connectivity index (χ3n) is 7.57. The minimum atomic E-state index is -3.84. The van der Waals surface area contributed by atoms with Crippen LogP contribution in [0.2, 0.25) is 0 Å². The highest BCUT2D eigenvalue weighted by molar-refractivity contribution is 14.1. The molecule has 5 heterocycles. The van der Waals surface area contributed by atoms with Crippen molar-refractivity contribution >= 4 is 55.1 Å². The molecule has 4 aromatic rings. The van der Waals surface area contributed by atoms with Gasteiger partial charge in [0.05, 0.1) is 32.8 Å². The zero-order valence-electron chi connectivity index (χ0n) is 22.3. The fourth-order valence-electron chi connectivity index (χ4n) is 5.66. The molecule has 0 spiro atoms. The van der Waals surface area contributed by atoms with Crippen LogP contribution in [0.25, 0.3) is 27.9 Å². The van der Waals surface area contributed by atoms with Gasteiger partial charge < -0.3 is 9.72 Å². The summed E-state index contributed by atoms with van der Waals surface area (Å²) < 4.78 is 39.1. The highest BCUT2D eigenvalue weighted by Gasteiger charge is 2.39. The quantitative estimate of drug-likeness (QED) is 0.281. The van der Waals surface area contributed by atoms with Crippen molar-refractivity contribution in [3.63, 3.8) is 0 Å². The van der Waals surface area contributed by atoms with E-state index in [0.717, 1.165) is 16.4 Å². The zero-order valence-corrected chi connectivity index (χ0v) is 25.2. The van der Waals surface area contributed by atoms with Crippen LogP contribution in [0.15, 0.2) is 34.2 Å². The van der Waals surface area contributed by atoms with Gasteiger partial charge in [-0.15, -0.1) is 10.2 Å². The summed E-state index contributed by atoms with van der Waals surface area (Å²) in [5.41, 5.74) is 2.73. The summed E-state index contributed by atoms with van der Waals surface area (Å²) >= 11 is 2.20. The molecule has 2 fully saturated rings. The second kappa shape index (κ2) is 10.5. The van der Waals surface area contributed by atoms with Crippen molar-refractivity contribution in [2.45, 2.75) is 50.6 Å². The van der Waals surface area contributed by atoms with Crippen LogP contribution in [-0.4, -0.2) is 86.4 Å². The molecular weight excluding hydrogens is 649 g/mol. The number of aromatic nitrogens is 5. The van der Waals surface area contributed by atoms with Crippen LogP contribution in [0, 0.1) is 3.57 Å². The van der Waals surface area contributed by atoms with Crippen LogP contribution >= 0.6 is 22.6 Å². The number of aromatic amines is 1. The van der Waals surface area contributed by atoms with Gasteiger partial charge >= 0.3 is 5.69 Å². The van der Waals surface area contributed by atoms with E-state index in [9.17, 15) is 18.0 Å². The number of Topliss-reactive ketones (excluding diaryl/α,β-unsaturated/α-hetero) is 1. The molecule has 40 heavy (non-hydrogen) atoms. The number of benzene rings is 1. The number of hydrogen-bond donors (Lipinski definition) is 1. The van der Waals surface area contributed by atoms with Gasteiger partial charge in [0, 0.05) is 44.2 Å². The number of carbonyl (C=O) groups is 1. The average molecular weight is 680 g/mol. The Morgan fingerprint density at radius 1 is 1.18 bits per heavy atom. The fraction of sp³-hybridized carbons (Fsp3) is 0.462. The van der Waals surface area contributed by atoms with Gasteiger partial charge in [-0.1, -0.05) is 13.8 Å². The number of hydrogen-bond acceptors (Lipinski definition) is 8. The molecule has 12 nitrogen and oxygen atoms in total. The summed E-state index contributed by atoms with van der Waals surface area (Å²) in [6, 6.07) is 4.83. The Morgan fingerprint density at radius 2 is 2.00 bits per heavy atom. The maximum absolute atomic E-state index is 13.8. The molecule has 6 rings (SSSR count). The normalized spacial score (nSPS) is 18.7. The van der Waals surface area contributed by atoms with Crippen molar-refractivity contribution in [3.05, 3.63) is 38.6 Å². The second-order valence-corrected chi connectivity index (χ2v) is 13.2. The first-order chi connectivity index (χ1) is 19.2. The molecule has 0 unspecified atom stereocenters. The van der Waals surface area contributed by atoms with Crippen molar-refractivity contribution in [1.82, 2.24) is 33.4 Å². The molecule has 2 aliphatic rings. The van der Waals surface area contributed by atoms with Crippen LogP contribution in [0.4, 0.5) is 0 Å². The van der Waals surface area contributed by atoms with E-state index in [1.54, 1.807) is 22.8 Å². The minimum absolute atomic E-state index is 0.0850. The van der Waals surface area contributed by atoms with Gasteiger partial charge in [0.2, 0.25) is 10.0 Å². The predicted molar refractivity (Wildman–Crippen MR) is 157 cm³/mol. The fourth-order valence-corrected chi connectivity index (χ4v) is 8.14. The highest BCUT2D eigenvalue weighted by atomic mass is 127.